The van der Waals surface area contributed by atoms with Gasteiger partial charge in [-0.2, -0.15) is 9.61 Å². The summed E-state index contributed by atoms with van der Waals surface area (Å²) in [5.41, 5.74) is 1.59. The van der Waals surface area contributed by atoms with E-state index in [-0.39, 0.29) is 24.6 Å². The van der Waals surface area contributed by atoms with Crippen molar-refractivity contribution >= 4 is 28.2 Å². The maximum absolute atomic E-state index is 12.4. The molecular formula is C22H24N4O4S. The molecule has 2 heterocycles. The molecule has 9 heteroatoms. The summed E-state index contributed by atoms with van der Waals surface area (Å²) in [7, 11) is 0. The minimum absolute atomic E-state index is 0.137. The van der Waals surface area contributed by atoms with Crippen LogP contribution in [0.1, 0.15) is 64.6 Å². The van der Waals surface area contributed by atoms with Crippen LogP contribution >= 0.6 is 11.3 Å². The smallest absolute Gasteiger partial charge is 0.325 e. The lowest BCUT2D eigenvalue weighted by Crippen LogP contribution is -2.30. The highest BCUT2D eigenvalue weighted by Gasteiger charge is 2.21. The van der Waals surface area contributed by atoms with Gasteiger partial charge in [0, 0.05) is 17.5 Å². The molecule has 1 amide bonds. The van der Waals surface area contributed by atoms with Crippen LogP contribution in [0, 0.1) is 6.92 Å². The lowest BCUT2D eigenvalue weighted by molar-refractivity contribution is -0.143. The molecule has 0 radical (unpaired) electrons. The number of carbonyl (C=O) groups is 2. The average Bonchev–Trinajstić information content (AvgIpc) is 3.22. The molecule has 1 aromatic carbocycles. The second-order valence-electron chi connectivity index (χ2n) is 7.76. The first kappa shape index (κ1) is 21.2. The number of benzene rings is 1. The molecule has 0 spiro atoms. The van der Waals surface area contributed by atoms with Crippen molar-refractivity contribution in [2.75, 3.05) is 6.54 Å². The van der Waals surface area contributed by atoms with E-state index in [2.05, 4.69) is 15.4 Å². The molecule has 1 aliphatic carbocycles. The third-order valence-corrected chi connectivity index (χ3v) is 6.43. The van der Waals surface area contributed by atoms with Crippen molar-refractivity contribution in [3.8, 4) is 0 Å². The predicted octanol–water partition coefficient (Wildman–Crippen LogP) is 2.98. The molecule has 0 unspecified atom stereocenters. The first-order chi connectivity index (χ1) is 15.0. The molecule has 0 aliphatic heterocycles. The third kappa shape index (κ3) is 5.16. The van der Waals surface area contributed by atoms with Gasteiger partial charge in [-0.05, 0) is 31.9 Å². The van der Waals surface area contributed by atoms with Gasteiger partial charge in [-0.1, -0.05) is 48.3 Å². The number of aryl methyl sites for hydroxylation is 1. The molecule has 1 N–H and O–H groups in total. The van der Waals surface area contributed by atoms with Crippen LogP contribution in [0.5, 0.6) is 0 Å². The van der Waals surface area contributed by atoms with Gasteiger partial charge < -0.3 is 10.1 Å². The molecule has 8 nitrogen and oxygen atoms in total. The number of rotatable bonds is 6. The summed E-state index contributed by atoms with van der Waals surface area (Å²) in [4.78, 5) is 41.4. The molecule has 2 aromatic heterocycles. The molecule has 1 saturated carbocycles. The molecule has 162 valence electrons. The highest BCUT2D eigenvalue weighted by molar-refractivity contribution is 7.16. The van der Waals surface area contributed by atoms with Crippen LogP contribution in [-0.4, -0.2) is 33.0 Å². The third-order valence-electron chi connectivity index (χ3n) is 5.36. The van der Waals surface area contributed by atoms with Crippen molar-refractivity contribution in [3.63, 3.8) is 0 Å². The zero-order valence-electron chi connectivity index (χ0n) is 17.3. The molecule has 0 saturated heterocycles. The number of hydrogen-bond donors (Lipinski definition) is 1. The van der Waals surface area contributed by atoms with E-state index in [1.807, 2.05) is 19.1 Å². The van der Waals surface area contributed by atoms with Crippen LogP contribution in [0.15, 0.2) is 35.1 Å². The Bertz CT molecular complexity index is 1150. The fourth-order valence-electron chi connectivity index (χ4n) is 3.62. The lowest BCUT2D eigenvalue weighted by Gasteiger charge is -2.18. The standard InChI is InChI=1S/C22H24N4O4S/c1-14-7-9-15(10-8-14)20(29)23-12-19(28)30-13-17-11-18(27)26-22(24-17)31-21(25-26)16-5-3-2-4-6-16/h7-11,16H,2-6,12-13H2,1H3,(H,23,29). The van der Waals surface area contributed by atoms with E-state index in [0.717, 1.165) is 23.4 Å². The lowest BCUT2D eigenvalue weighted by atomic mass is 9.90. The summed E-state index contributed by atoms with van der Waals surface area (Å²) >= 11 is 1.42. The molecule has 4 rings (SSSR count). The predicted molar refractivity (Wildman–Crippen MR) is 116 cm³/mol. The largest absolute Gasteiger partial charge is 0.458 e. The number of carbonyl (C=O) groups excluding carboxylic acids is 2. The molecule has 0 bridgehead atoms. The van der Waals surface area contributed by atoms with Gasteiger partial charge in [0.2, 0.25) is 4.96 Å². The van der Waals surface area contributed by atoms with E-state index in [9.17, 15) is 14.4 Å². The fourth-order valence-corrected chi connectivity index (χ4v) is 4.72. The van der Waals surface area contributed by atoms with Gasteiger partial charge in [-0.15, -0.1) is 0 Å². The van der Waals surface area contributed by atoms with E-state index in [1.54, 1.807) is 12.1 Å². The Kier molecular flexibility index (Phi) is 6.41. The highest BCUT2D eigenvalue weighted by Crippen LogP contribution is 2.34. The number of hydrogen-bond acceptors (Lipinski definition) is 7. The Hall–Kier alpha value is -3.07. The zero-order chi connectivity index (χ0) is 21.8. The quantitative estimate of drug-likeness (QED) is 0.591. The van der Waals surface area contributed by atoms with Crippen LogP contribution in [0.3, 0.4) is 0 Å². The first-order valence-corrected chi connectivity index (χ1v) is 11.2. The van der Waals surface area contributed by atoms with Crippen LogP contribution in [0.4, 0.5) is 0 Å². The number of aromatic nitrogens is 3. The summed E-state index contributed by atoms with van der Waals surface area (Å²) < 4.78 is 6.50. The Morgan fingerprint density at radius 1 is 1.19 bits per heavy atom. The number of esters is 1. The van der Waals surface area contributed by atoms with Gasteiger partial charge >= 0.3 is 5.97 Å². The first-order valence-electron chi connectivity index (χ1n) is 10.4. The normalized spacial score (nSPS) is 14.5. The number of fused-ring (bicyclic) bond motifs is 1. The minimum Gasteiger partial charge on any atom is -0.458 e. The summed E-state index contributed by atoms with van der Waals surface area (Å²) in [6, 6.07) is 8.37. The van der Waals surface area contributed by atoms with Crippen LogP contribution in [-0.2, 0) is 16.1 Å². The monoisotopic (exact) mass is 440 g/mol. The van der Waals surface area contributed by atoms with Gasteiger partial charge in [0.05, 0.1) is 5.69 Å². The number of amides is 1. The SMILES string of the molecule is Cc1ccc(C(=O)NCC(=O)OCc2cc(=O)n3nc(C4CCCCC4)sc3n2)cc1. The highest BCUT2D eigenvalue weighted by atomic mass is 32.1. The van der Waals surface area contributed by atoms with Crippen molar-refractivity contribution in [3.05, 3.63) is 62.5 Å². The van der Waals surface area contributed by atoms with Crippen molar-refractivity contribution in [1.82, 2.24) is 19.9 Å². The molecule has 1 aliphatic rings. The Labute approximate surface area is 183 Å². The van der Waals surface area contributed by atoms with Crippen molar-refractivity contribution in [2.45, 2.75) is 51.6 Å². The second-order valence-corrected chi connectivity index (χ2v) is 8.75. The van der Waals surface area contributed by atoms with Crippen LogP contribution < -0.4 is 10.9 Å². The van der Waals surface area contributed by atoms with Crippen molar-refractivity contribution in [2.24, 2.45) is 0 Å². The van der Waals surface area contributed by atoms with Crippen molar-refractivity contribution in [1.29, 1.82) is 0 Å². The maximum atomic E-state index is 12.4. The molecule has 31 heavy (non-hydrogen) atoms. The number of ether oxygens (including phenoxy) is 1. The molecular weight excluding hydrogens is 416 g/mol. The van der Waals surface area contributed by atoms with Gasteiger partial charge in [-0.3, -0.25) is 14.4 Å². The summed E-state index contributed by atoms with van der Waals surface area (Å²) in [6.45, 7) is 1.53. The number of nitrogens with one attached hydrogen (secondary N) is 1. The van der Waals surface area contributed by atoms with Crippen molar-refractivity contribution < 1.29 is 14.3 Å². The Morgan fingerprint density at radius 3 is 2.68 bits per heavy atom. The molecule has 0 atom stereocenters. The topological polar surface area (TPSA) is 103 Å². The van der Waals surface area contributed by atoms with Gasteiger partial charge in [0.25, 0.3) is 11.5 Å². The summed E-state index contributed by atoms with van der Waals surface area (Å²) in [5, 5.41) is 7.93. The van der Waals surface area contributed by atoms with Crippen LogP contribution in [0.25, 0.3) is 4.96 Å². The molecule has 3 aromatic rings. The van der Waals surface area contributed by atoms with E-state index in [0.29, 0.717) is 22.1 Å². The van der Waals surface area contributed by atoms with E-state index >= 15 is 0 Å². The number of nitrogens with zero attached hydrogens (tertiary/aromatic N) is 3. The van der Waals surface area contributed by atoms with E-state index < -0.39 is 5.97 Å². The fraction of sp³-hybridized carbons (Fsp3) is 0.409. The van der Waals surface area contributed by atoms with Gasteiger partial charge in [0.1, 0.15) is 18.2 Å². The Morgan fingerprint density at radius 2 is 1.94 bits per heavy atom. The second kappa shape index (κ2) is 9.38. The van der Waals surface area contributed by atoms with Gasteiger partial charge in [0.15, 0.2) is 0 Å². The summed E-state index contributed by atoms with van der Waals surface area (Å²) in [5.74, 6) is -0.567. The zero-order valence-corrected chi connectivity index (χ0v) is 18.1. The minimum atomic E-state index is -0.602. The summed E-state index contributed by atoms with van der Waals surface area (Å²) in [6.07, 6.45) is 5.80. The van der Waals surface area contributed by atoms with Gasteiger partial charge in [-0.25, -0.2) is 4.98 Å². The van der Waals surface area contributed by atoms with E-state index in [1.165, 1.54) is 41.2 Å². The van der Waals surface area contributed by atoms with E-state index in [4.69, 9.17) is 4.74 Å². The Balaban J connectivity index is 1.34. The maximum Gasteiger partial charge on any atom is 0.325 e. The average molecular weight is 441 g/mol. The van der Waals surface area contributed by atoms with Crippen LogP contribution in [0.2, 0.25) is 0 Å². The molecule has 1 fully saturated rings.